The molecule has 8 aromatic rings. The fourth-order valence-electron chi connectivity index (χ4n) is 12.0. The number of fused-ring (bicyclic) bond motifs is 2. The smallest absolute Gasteiger partial charge is 0.338 e. The van der Waals surface area contributed by atoms with Crippen molar-refractivity contribution in [3.63, 3.8) is 0 Å². The van der Waals surface area contributed by atoms with E-state index in [0.717, 1.165) is 78.5 Å². The molecule has 0 spiro atoms. The molecule has 2 fully saturated rings. The van der Waals surface area contributed by atoms with Crippen molar-refractivity contribution in [1.82, 2.24) is 39.2 Å². The van der Waals surface area contributed by atoms with E-state index in [0.29, 0.717) is 139 Å². The number of carbonyl (C=O) groups excluding carboxylic acids is 2. The van der Waals surface area contributed by atoms with Crippen LogP contribution in [0.5, 0.6) is 0 Å². The first-order valence-corrected chi connectivity index (χ1v) is 42.6. The maximum atomic E-state index is 13.6. The standard InChI is InChI=1S/C42H62BrN5O7Si2.C30H34BrN5O5/c1-50-20-22-54-41(49)42(55-23-21-51-2)18-16-33(17-19-42)38-37(43)40(47(30-52-24-26-56(3,4)5)31-53-25-27-57(6,7)8)48-39(46-38)35(29-45-48)34-14-15-36(44-28-34)32-12-10-9-11-13-32;1-38-14-16-40-29(37)30(41-17-15-39-2)12-10-21(11-13-30)26-25(31)27(32)36-28(35-26)23(19-34-36)22-8-9-24(33-18-22)20-6-4-3-5-7-20/h9-15,28-29,33H,16-27,30-31H2,1-8H3;3-9,18-19,21H,10-17,32H2,1-2H3. The Labute approximate surface area is 594 Å². The summed E-state index contributed by atoms with van der Waals surface area (Å²) < 4.78 is 62.0. The lowest BCUT2D eigenvalue weighted by Crippen LogP contribution is -2.46. The van der Waals surface area contributed by atoms with Crippen molar-refractivity contribution in [2.45, 2.75) is 126 Å². The van der Waals surface area contributed by atoms with Crippen LogP contribution in [-0.4, -0.2) is 186 Å². The maximum Gasteiger partial charge on any atom is 0.338 e. The lowest BCUT2D eigenvalue weighted by atomic mass is 9.77. The van der Waals surface area contributed by atoms with Crippen LogP contribution >= 0.6 is 31.9 Å². The zero-order valence-corrected chi connectivity index (χ0v) is 63.5. The predicted octanol–water partition coefficient (Wildman–Crippen LogP) is 14.0. The van der Waals surface area contributed by atoms with Crippen molar-refractivity contribution in [3.8, 4) is 44.8 Å². The quantitative estimate of drug-likeness (QED) is 0.0174. The van der Waals surface area contributed by atoms with Gasteiger partial charge in [0, 0.05) is 115 Å². The molecule has 0 unspecified atom stereocenters. The number of aromatic nitrogens is 8. The minimum Gasteiger partial charge on any atom is -0.461 e. The molecule has 0 aliphatic heterocycles. The lowest BCUT2D eigenvalue weighted by molar-refractivity contribution is -0.181. The van der Waals surface area contributed by atoms with Crippen molar-refractivity contribution in [2.24, 2.45) is 0 Å². The summed E-state index contributed by atoms with van der Waals surface area (Å²) >= 11 is 7.72. The molecule has 0 bridgehead atoms. The molecule has 2 aliphatic carbocycles. The van der Waals surface area contributed by atoms with E-state index in [4.69, 9.17) is 73.2 Å². The van der Waals surface area contributed by atoms with Crippen molar-refractivity contribution >= 4 is 82.9 Å². The first kappa shape index (κ1) is 75.8. The van der Waals surface area contributed by atoms with Crippen LogP contribution in [-0.2, 0) is 57.0 Å². The van der Waals surface area contributed by atoms with Crippen LogP contribution in [0.3, 0.4) is 0 Å². The van der Waals surface area contributed by atoms with Gasteiger partial charge in [-0.1, -0.05) is 112 Å². The van der Waals surface area contributed by atoms with Crippen LogP contribution in [0.25, 0.3) is 56.1 Å². The molecule has 0 saturated heterocycles. The number of esters is 2. The van der Waals surface area contributed by atoms with Gasteiger partial charge in [-0.05, 0) is 107 Å². The van der Waals surface area contributed by atoms with E-state index in [1.54, 1.807) is 39.2 Å². The second-order valence-corrected chi connectivity index (χ2v) is 40.1. The Morgan fingerprint density at radius 2 is 0.908 bits per heavy atom. The number of hydrogen-bond donors (Lipinski definition) is 1. The predicted molar refractivity (Wildman–Crippen MR) is 393 cm³/mol. The third kappa shape index (κ3) is 19.6. The van der Waals surface area contributed by atoms with Gasteiger partial charge in [-0.15, -0.1) is 0 Å². The fourth-order valence-corrected chi connectivity index (χ4v) is 14.9. The van der Waals surface area contributed by atoms with E-state index < -0.39 is 27.3 Å². The van der Waals surface area contributed by atoms with Gasteiger partial charge in [-0.25, -0.2) is 19.6 Å². The van der Waals surface area contributed by atoms with E-state index in [9.17, 15) is 9.59 Å². The van der Waals surface area contributed by atoms with E-state index in [2.05, 4.69) is 104 Å². The minimum absolute atomic E-state index is 0.0119. The van der Waals surface area contributed by atoms with E-state index in [1.807, 2.05) is 89.8 Å². The average molecular weight is 1510 g/mol. The van der Waals surface area contributed by atoms with Gasteiger partial charge in [0.2, 0.25) is 0 Å². The molecular formula is C72H96Br2N10O12Si2. The monoisotopic (exact) mass is 1510 g/mol. The molecule has 2 aliphatic rings. The number of methoxy groups -OCH3 is 4. The Bertz CT molecular complexity index is 3800. The summed E-state index contributed by atoms with van der Waals surface area (Å²) in [5.74, 6) is 0.622. The van der Waals surface area contributed by atoms with E-state index in [1.165, 1.54) is 0 Å². The number of rotatable bonds is 33. The summed E-state index contributed by atoms with van der Waals surface area (Å²) in [4.78, 5) is 48.7. The van der Waals surface area contributed by atoms with Crippen LogP contribution in [0.4, 0.5) is 11.6 Å². The SMILES string of the molecule is COCCOC(=O)C1(OCCOC)CCC(c2nc3c(-c4ccc(-c5ccccc5)nc4)cnn3c(N(COCC[Si](C)(C)C)COCC[Si](C)(C)C)c2Br)CC1.COCCOC(=O)C1(OCCOC)CCC(c2nc3c(-c4ccc(-c5ccccc5)nc4)cnn3c(N)c2Br)CC1. The molecule has 6 aromatic heterocycles. The van der Waals surface area contributed by atoms with Gasteiger partial charge in [0.25, 0.3) is 0 Å². The number of nitrogen functional groups attached to an aromatic ring is 1. The molecule has 22 nitrogen and oxygen atoms in total. The van der Waals surface area contributed by atoms with Crippen LogP contribution in [0, 0.1) is 0 Å². The number of hydrogen-bond acceptors (Lipinski definition) is 20. The highest BCUT2D eigenvalue weighted by Crippen LogP contribution is 2.47. The number of nitrogens with zero attached hydrogens (tertiary/aromatic N) is 9. The van der Waals surface area contributed by atoms with Gasteiger partial charge in [-0.3, -0.25) is 9.97 Å². The van der Waals surface area contributed by atoms with Crippen molar-refractivity contribution in [1.29, 1.82) is 0 Å². The van der Waals surface area contributed by atoms with Crippen LogP contribution in [0.15, 0.2) is 119 Å². The first-order valence-electron chi connectivity index (χ1n) is 33.6. The molecule has 2 aromatic carbocycles. The molecule has 10 rings (SSSR count). The lowest BCUT2D eigenvalue weighted by Gasteiger charge is -2.38. The van der Waals surface area contributed by atoms with Crippen LogP contribution < -0.4 is 10.6 Å². The Kier molecular flexibility index (Phi) is 27.7. The van der Waals surface area contributed by atoms with Gasteiger partial charge < -0.3 is 58.0 Å². The number of halogens is 2. The topological polar surface area (TPSA) is 242 Å². The Hall–Kier alpha value is -6.41. The second kappa shape index (κ2) is 35.8. The Balaban J connectivity index is 0.000000241. The van der Waals surface area contributed by atoms with Gasteiger partial charge in [-0.2, -0.15) is 19.2 Å². The number of ether oxygens (including phenoxy) is 10. The van der Waals surface area contributed by atoms with Crippen molar-refractivity contribution in [3.05, 3.63) is 130 Å². The van der Waals surface area contributed by atoms with Crippen molar-refractivity contribution < 1.29 is 57.0 Å². The Morgan fingerprint density at radius 3 is 1.31 bits per heavy atom. The molecule has 6 heterocycles. The highest BCUT2D eigenvalue weighted by atomic mass is 79.9. The molecule has 98 heavy (non-hydrogen) atoms. The summed E-state index contributed by atoms with van der Waals surface area (Å²) in [5.41, 5.74) is 14.9. The number of pyridine rings is 2. The van der Waals surface area contributed by atoms with E-state index in [-0.39, 0.29) is 37.0 Å². The summed E-state index contributed by atoms with van der Waals surface area (Å²) in [7, 11) is 3.75. The summed E-state index contributed by atoms with van der Waals surface area (Å²) in [5, 5.41) is 9.47. The van der Waals surface area contributed by atoms with Gasteiger partial charge in [0.1, 0.15) is 32.5 Å². The highest BCUT2D eigenvalue weighted by Gasteiger charge is 2.47. The van der Waals surface area contributed by atoms with Gasteiger partial charge >= 0.3 is 11.9 Å². The molecule has 528 valence electrons. The third-order valence-corrected chi connectivity index (χ3v) is 22.8. The molecule has 26 heteroatoms. The summed E-state index contributed by atoms with van der Waals surface area (Å²) in [6.45, 7) is 18.5. The molecule has 0 atom stereocenters. The normalized spacial score (nSPS) is 18.2. The minimum atomic E-state index is -1.32. The first-order chi connectivity index (χ1) is 47.2. The number of anilines is 2. The zero-order chi connectivity index (χ0) is 69.9. The molecule has 0 amide bonds. The molecule has 0 radical (unpaired) electrons. The zero-order valence-electron chi connectivity index (χ0n) is 58.4. The van der Waals surface area contributed by atoms with Crippen molar-refractivity contribution in [2.75, 3.05) is 119 Å². The maximum absolute atomic E-state index is 13.6. The van der Waals surface area contributed by atoms with Gasteiger partial charge in [0.15, 0.2) is 28.3 Å². The molecule has 2 N–H and O–H groups in total. The fraction of sp³-hybridized carbons (Fsp3) is 0.500. The van der Waals surface area contributed by atoms with Crippen LogP contribution in [0.2, 0.25) is 51.4 Å². The largest absolute Gasteiger partial charge is 0.461 e. The summed E-state index contributed by atoms with van der Waals surface area (Å²) in [6.07, 6.45) is 11.9. The highest BCUT2D eigenvalue weighted by molar-refractivity contribution is 9.11. The number of carbonyl (C=O) groups is 2. The van der Waals surface area contributed by atoms with Gasteiger partial charge in [0.05, 0.1) is 83.8 Å². The number of nitrogens with two attached hydrogens (primary N) is 1. The average Bonchev–Trinajstić information content (AvgIpc) is 1.49. The summed E-state index contributed by atoms with van der Waals surface area (Å²) in [6, 6.07) is 30.4. The van der Waals surface area contributed by atoms with Crippen LogP contribution in [0.1, 0.15) is 74.6 Å². The Morgan fingerprint density at radius 1 is 0.510 bits per heavy atom. The third-order valence-electron chi connectivity index (χ3n) is 17.8. The second-order valence-electron chi connectivity index (χ2n) is 27.2. The molecule has 2 saturated carbocycles. The van der Waals surface area contributed by atoms with E-state index >= 15 is 0 Å². The number of benzene rings is 2. The molecular weight excluding hydrogens is 1410 g/mol.